The van der Waals surface area contributed by atoms with Crippen LogP contribution in [-0.4, -0.2) is 40.7 Å². The third kappa shape index (κ3) is 2.50. The molecule has 2 aliphatic rings. The number of rotatable bonds is 6. The molecule has 0 aromatic heterocycles. The van der Waals surface area contributed by atoms with Gasteiger partial charge in [0.25, 0.3) is 0 Å². The Bertz CT molecular complexity index is 915. The summed E-state index contributed by atoms with van der Waals surface area (Å²) >= 11 is 0. The fraction of sp³-hybridized carbons (Fsp3) is 0.368. The summed E-state index contributed by atoms with van der Waals surface area (Å²) in [6, 6.07) is 14.1. The maximum absolute atomic E-state index is 13.3. The predicted octanol–water partition coefficient (Wildman–Crippen LogP) is 1.95. The molecule has 1 saturated carbocycles. The lowest BCUT2D eigenvalue weighted by Gasteiger charge is -2.15. The van der Waals surface area contributed by atoms with Gasteiger partial charge in [-0.25, -0.2) is 8.42 Å². The lowest BCUT2D eigenvalue weighted by atomic mass is 9.99. The first-order valence-electron chi connectivity index (χ1n) is 8.42. The summed E-state index contributed by atoms with van der Waals surface area (Å²) in [5.41, 5.74) is 6.28. The van der Waals surface area contributed by atoms with Crippen molar-refractivity contribution >= 4 is 9.84 Å². The second kappa shape index (κ2) is 6.26. The van der Waals surface area contributed by atoms with Gasteiger partial charge >= 0.3 is 0 Å². The monoisotopic (exact) mass is 375 g/mol. The van der Waals surface area contributed by atoms with E-state index in [1.165, 1.54) is 0 Å². The molecule has 0 bridgehead atoms. The van der Waals surface area contributed by atoms with Crippen molar-refractivity contribution in [2.75, 3.05) is 27.1 Å². The Labute approximate surface area is 152 Å². The van der Waals surface area contributed by atoms with Crippen LogP contribution >= 0.6 is 0 Å². The van der Waals surface area contributed by atoms with Crippen molar-refractivity contribution in [2.45, 2.75) is 16.1 Å². The molecule has 0 amide bonds. The van der Waals surface area contributed by atoms with E-state index in [1.54, 1.807) is 37.4 Å². The lowest BCUT2D eigenvalue weighted by molar-refractivity contribution is 0.142. The van der Waals surface area contributed by atoms with E-state index in [2.05, 4.69) is 0 Å². The van der Waals surface area contributed by atoms with Crippen LogP contribution < -0.4 is 15.2 Å². The Morgan fingerprint density at radius 2 is 1.88 bits per heavy atom. The summed E-state index contributed by atoms with van der Waals surface area (Å²) < 4.78 is 42.8. The number of fused-ring (bicyclic) bond motifs is 1. The van der Waals surface area contributed by atoms with E-state index in [4.69, 9.17) is 19.9 Å². The Hall–Kier alpha value is -2.09. The average Bonchev–Trinajstić information content (AvgIpc) is 3.10. The van der Waals surface area contributed by atoms with Crippen LogP contribution in [0.4, 0.5) is 0 Å². The van der Waals surface area contributed by atoms with Crippen molar-refractivity contribution in [3.05, 3.63) is 54.1 Å². The first kappa shape index (κ1) is 17.3. The molecule has 2 aromatic carbocycles. The lowest BCUT2D eigenvalue weighted by Crippen LogP contribution is -2.28. The van der Waals surface area contributed by atoms with Crippen LogP contribution in [0.1, 0.15) is 11.5 Å². The second-order valence-electron chi connectivity index (χ2n) is 6.74. The standard InChI is InChI=1S/C19H21NO5S/c1-23-11-19(10-20)17(13-7-8-15-16(9-13)25-12-24-15)18(19)26(21,22)14-5-3-2-4-6-14/h2-9,17-18H,10-12,20H2,1H3/t17-,18-,19-/m0/s1. The minimum Gasteiger partial charge on any atom is -0.454 e. The SMILES string of the molecule is COC[C@@]1(CN)[C@@H](c2ccc3c(c2)OCO3)[C@@H]1S(=O)(=O)c1ccccc1. The molecule has 1 aliphatic carbocycles. The fourth-order valence-corrected chi connectivity index (χ4v) is 6.52. The first-order valence-corrected chi connectivity index (χ1v) is 9.97. The highest BCUT2D eigenvalue weighted by Crippen LogP contribution is 2.64. The smallest absolute Gasteiger partial charge is 0.231 e. The Kier molecular flexibility index (Phi) is 4.17. The number of sulfone groups is 1. The van der Waals surface area contributed by atoms with Gasteiger partial charge in [-0.1, -0.05) is 24.3 Å². The van der Waals surface area contributed by atoms with E-state index < -0.39 is 20.5 Å². The van der Waals surface area contributed by atoms with Gasteiger partial charge in [0.05, 0.1) is 16.8 Å². The molecule has 1 aliphatic heterocycles. The first-order chi connectivity index (χ1) is 12.5. The van der Waals surface area contributed by atoms with Crippen molar-refractivity contribution in [1.82, 2.24) is 0 Å². The van der Waals surface area contributed by atoms with E-state index >= 15 is 0 Å². The molecule has 0 unspecified atom stereocenters. The minimum absolute atomic E-state index is 0.176. The van der Waals surface area contributed by atoms with Gasteiger partial charge in [-0.05, 0) is 29.8 Å². The quantitative estimate of drug-likeness (QED) is 0.830. The fourth-order valence-electron chi connectivity index (χ4n) is 4.05. The summed E-state index contributed by atoms with van der Waals surface area (Å²) in [6.07, 6.45) is 0. The molecule has 0 spiro atoms. The molecule has 26 heavy (non-hydrogen) atoms. The van der Waals surface area contributed by atoms with E-state index in [9.17, 15) is 8.42 Å². The molecule has 2 aromatic rings. The van der Waals surface area contributed by atoms with Crippen LogP contribution in [0.3, 0.4) is 0 Å². The molecule has 138 valence electrons. The summed E-state index contributed by atoms with van der Waals surface area (Å²) in [5, 5.41) is -0.636. The van der Waals surface area contributed by atoms with Gasteiger partial charge in [-0.15, -0.1) is 0 Å². The highest BCUT2D eigenvalue weighted by molar-refractivity contribution is 7.92. The highest BCUT2D eigenvalue weighted by atomic mass is 32.2. The molecule has 4 rings (SSSR count). The third-order valence-electron chi connectivity index (χ3n) is 5.33. The molecular formula is C19H21NO5S. The van der Waals surface area contributed by atoms with Crippen LogP contribution in [-0.2, 0) is 14.6 Å². The maximum atomic E-state index is 13.3. The maximum Gasteiger partial charge on any atom is 0.231 e. The van der Waals surface area contributed by atoms with Gasteiger partial charge in [0, 0.05) is 25.0 Å². The van der Waals surface area contributed by atoms with Crippen molar-refractivity contribution in [3.63, 3.8) is 0 Å². The number of hydrogen-bond acceptors (Lipinski definition) is 6. The summed E-state index contributed by atoms with van der Waals surface area (Å²) in [6.45, 7) is 0.672. The number of nitrogens with two attached hydrogens (primary N) is 1. The number of ether oxygens (including phenoxy) is 3. The van der Waals surface area contributed by atoms with E-state index in [0.29, 0.717) is 16.4 Å². The number of methoxy groups -OCH3 is 1. The minimum atomic E-state index is -3.55. The molecule has 0 radical (unpaired) electrons. The average molecular weight is 375 g/mol. The molecule has 6 nitrogen and oxygen atoms in total. The van der Waals surface area contributed by atoms with E-state index in [-0.39, 0.29) is 25.9 Å². The summed E-state index contributed by atoms with van der Waals surface area (Å²) in [5.74, 6) is 1.04. The number of benzene rings is 2. The molecule has 1 heterocycles. The predicted molar refractivity (Wildman–Crippen MR) is 96.1 cm³/mol. The van der Waals surface area contributed by atoms with Gasteiger partial charge in [0.1, 0.15) is 0 Å². The molecule has 2 N–H and O–H groups in total. The van der Waals surface area contributed by atoms with Gasteiger partial charge in [-0.3, -0.25) is 0 Å². The van der Waals surface area contributed by atoms with Gasteiger partial charge in [0.2, 0.25) is 6.79 Å². The van der Waals surface area contributed by atoms with E-state index in [1.807, 2.05) is 18.2 Å². The number of hydrogen-bond donors (Lipinski definition) is 1. The van der Waals surface area contributed by atoms with Gasteiger partial charge in [0.15, 0.2) is 21.3 Å². The second-order valence-corrected chi connectivity index (χ2v) is 8.81. The van der Waals surface area contributed by atoms with Crippen LogP contribution in [0.5, 0.6) is 11.5 Å². The molecule has 3 atom stereocenters. The molecule has 7 heteroatoms. The zero-order chi connectivity index (χ0) is 18.4. The summed E-state index contributed by atoms with van der Waals surface area (Å²) in [7, 11) is -1.98. The van der Waals surface area contributed by atoms with Crippen molar-refractivity contribution in [3.8, 4) is 11.5 Å². The highest BCUT2D eigenvalue weighted by Gasteiger charge is 2.70. The summed E-state index contributed by atoms with van der Waals surface area (Å²) in [4.78, 5) is 0.308. The Morgan fingerprint density at radius 1 is 1.15 bits per heavy atom. The van der Waals surface area contributed by atoms with Crippen LogP contribution in [0.15, 0.2) is 53.4 Å². The van der Waals surface area contributed by atoms with Crippen LogP contribution in [0.2, 0.25) is 0 Å². The Morgan fingerprint density at radius 3 is 2.58 bits per heavy atom. The van der Waals surface area contributed by atoms with Crippen molar-refractivity contribution in [2.24, 2.45) is 11.1 Å². The third-order valence-corrected chi connectivity index (χ3v) is 7.67. The zero-order valence-electron chi connectivity index (χ0n) is 14.4. The van der Waals surface area contributed by atoms with Gasteiger partial charge in [-0.2, -0.15) is 0 Å². The normalized spacial score (nSPS) is 26.7. The van der Waals surface area contributed by atoms with Crippen molar-refractivity contribution < 1.29 is 22.6 Å². The van der Waals surface area contributed by atoms with Crippen LogP contribution in [0, 0.1) is 5.41 Å². The van der Waals surface area contributed by atoms with Gasteiger partial charge < -0.3 is 19.9 Å². The molecule has 1 fully saturated rings. The zero-order valence-corrected chi connectivity index (χ0v) is 15.2. The van der Waals surface area contributed by atoms with E-state index in [0.717, 1.165) is 5.56 Å². The topological polar surface area (TPSA) is 87.8 Å². The molecular weight excluding hydrogens is 354 g/mol. The van der Waals surface area contributed by atoms with Crippen LogP contribution in [0.25, 0.3) is 0 Å². The Balaban J connectivity index is 1.77. The largest absolute Gasteiger partial charge is 0.454 e. The molecule has 0 saturated heterocycles. The van der Waals surface area contributed by atoms with Crippen molar-refractivity contribution in [1.29, 1.82) is 0 Å².